The van der Waals surface area contributed by atoms with Crippen LogP contribution >= 0.6 is 0 Å². The number of fused-ring (bicyclic) bond motifs is 3. The third-order valence-corrected chi connectivity index (χ3v) is 4.92. The molecule has 120 valence electrons. The Morgan fingerprint density at radius 1 is 0.957 bits per heavy atom. The number of hydrogen-bond acceptors (Lipinski definition) is 0. The molecule has 0 saturated carbocycles. The Kier molecular flexibility index (Phi) is 4.35. The molecule has 0 bridgehead atoms. The van der Waals surface area contributed by atoms with Crippen LogP contribution in [-0.2, 0) is 19.5 Å². The zero-order chi connectivity index (χ0) is 15.2. The van der Waals surface area contributed by atoms with Gasteiger partial charge in [0.15, 0.2) is 0 Å². The first-order chi connectivity index (χ1) is 10.6. The highest BCUT2D eigenvalue weighted by Crippen LogP contribution is 2.32. The van der Waals surface area contributed by atoms with E-state index in [2.05, 4.69) is 73.3 Å². The van der Waals surface area contributed by atoms with Crippen LogP contribution in [-0.4, -0.2) is 29.7 Å². The Hall–Kier alpha value is -1.58. The highest BCUT2D eigenvalue weighted by molar-refractivity contribution is 5.85. The monoisotopic (exact) mass is 370 g/mol. The SMILES string of the molecule is C[N+]1(C)CCc2c(c3ccccc3n2Cc2ccccc2)C1.[Br-]. The molecule has 4 rings (SSSR count). The molecule has 1 aliphatic heterocycles. The number of quaternary nitrogens is 1. The highest BCUT2D eigenvalue weighted by Gasteiger charge is 2.29. The van der Waals surface area contributed by atoms with Crippen molar-refractivity contribution in [1.29, 1.82) is 0 Å². The minimum Gasteiger partial charge on any atom is -1.00 e. The van der Waals surface area contributed by atoms with E-state index in [-0.39, 0.29) is 17.0 Å². The van der Waals surface area contributed by atoms with Crippen LogP contribution in [0.4, 0.5) is 0 Å². The maximum Gasteiger partial charge on any atom is 0.106 e. The molecule has 0 radical (unpaired) electrons. The lowest BCUT2D eigenvalue weighted by molar-refractivity contribution is -0.905. The molecule has 2 aromatic carbocycles. The fraction of sp³-hybridized carbons (Fsp3) is 0.300. The van der Waals surface area contributed by atoms with Gasteiger partial charge >= 0.3 is 0 Å². The third kappa shape index (κ3) is 2.96. The van der Waals surface area contributed by atoms with Crippen molar-refractivity contribution >= 4 is 10.9 Å². The van der Waals surface area contributed by atoms with Crippen LogP contribution in [0.25, 0.3) is 10.9 Å². The Balaban J connectivity index is 0.00000156. The molecule has 3 heteroatoms. The molecule has 2 nitrogen and oxygen atoms in total. The molecule has 0 atom stereocenters. The topological polar surface area (TPSA) is 4.93 Å². The van der Waals surface area contributed by atoms with Crippen molar-refractivity contribution in [3.05, 3.63) is 71.4 Å². The van der Waals surface area contributed by atoms with Crippen molar-refractivity contribution in [3.8, 4) is 0 Å². The van der Waals surface area contributed by atoms with Crippen molar-refractivity contribution in [1.82, 2.24) is 4.57 Å². The molecule has 1 aromatic heterocycles. The number of benzene rings is 2. The van der Waals surface area contributed by atoms with Crippen molar-refractivity contribution in [2.75, 3.05) is 20.6 Å². The van der Waals surface area contributed by atoms with Gasteiger partial charge in [-0.3, -0.25) is 0 Å². The largest absolute Gasteiger partial charge is 1.00 e. The van der Waals surface area contributed by atoms with Gasteiger partial charge in [0, 0.05) is 35.1 Å². The molecule has 0 fully saturated rings. The molecule has 0 N–H and O–H groups in total. The molecular formula is C20H23BrN2. The van der Waals surface area contributed by atoms with Gasteiger partial charge in [0.25, 0.3) is 0 Å². The van der Waals surface area contributed by atoms with Crippen molar-refractivity contribution in [2.24, 2.45) is 0 Å². The van der Waals surface area contributed by atoms with E-state index >= 15 is 0 Å². The molecule has 3 aromatic rings. The number of likely N-dealkylation sites (N-methyl/N-ethyl adjacent to an activating group) is 1. The maximum atomic E-state index is 2.54. The Labute approximate surface area is 148 Å². The normalized spacial score (nSPS) is 15.9. The van der Waals surface area contributed by atoms with Gasteiger partial charge < -0.3 is 26.0 Å². The number of nitrogens with zero attached hydrogens (tertiary/aromatic N) is 2. The second kappa shape index (κ2) is 6.14. The zero-order valence-electron chi connectivity index (χ0n) is 13.8. The standard InChI is InChI=1S/C20H23N2.BrH/c1-22(2)13-12-20-18(15-22)17-10-6-7-11-19(17)21(20)14-16-8-4-3-5-9-16;/h3-11H,12-15H2,1-2H3;1H/q+1;/p-1. The van der Waals surface area contributed by atoms with Crippen LogP contribution in [0.3, 0.4) is 0 Å². The summed E-state index contributed by atoms with van der Waals surface area (Å²) in [7, 11) is 4.68. The number of para-hydroxylation sites is 1. The average molecular weight is 371 g/mol. The van der Waals surface area contributed by atoms with Crippen molar-refractivity contribution in [3.63, 3.8) is 0 Å². The molecule has 0 unspecified atom stereocenters. The van der Waals surface area contributed by atoms with Gasteiger partial charge in [-0.1, -0.05) is 48.5 Å². The molecule has 0 spiro atoms. The molecular weight excluding hydrogens is 348 g/mol. The summed E-state index contributed by atoms with van der Waals surface area (Å²) >= 11 is 0. The van der Waals surface area contributed by atoms with Gasteiger partial charge in [0.2, 0.25) is 0 Å². The highest BCUT2D eigenvalue weighted by atomic mass is 79.9. The number of rotatable bonds is 2. The summed E-state index contributed by atoms with van der Waals surface area (Å²) < 4.78 is 3.63. The van der Waals surface area contributed by atoms with Crippen LogP contribution in [0, 0.1) is 0 Å². The average Bonchev–Trinajstić information content (AvgIpc) is 2.81. The second-order valence-corrected chi connectivity index (χ2v) is 7.08. The van der Waals surface area contributed by atoms with Crippen LogP contribution in [0.2, 0.25) is 0 Å². The fourth-order valence-electron chi connectivity index (χ4n) is 3.75. The molecule has 0 amide bonds. The predicted octanol–water partition coefficient (Wildman–Crippen LogP) is 0.826. The van der Waals surface area contributed by atoms with Gasteiger partial charge in [-0.25, -0.2) is 0 Å². The predicted molar refractivity (Wildman–Crippen MR) is 91.9 cm³/mol. The minimum atomic E-state index is 0. The lowest BCUT2D eigenvalue weighted by Crippen LogP contribution is -3.00. The lowest BCUT2D eigenvalue weighted by Gasteiger charge is -2.34. The summed E-state index contributed by atoms with van der Waals surface area (Å²) in [6.07, 6.45) is 1.17. The van der Waals surface area contributed by atoms with E-state index in [1.807, 2.05) is 0 Å². The van der Waals surface area contributed by atoms with Crippen LogP contribution in [0.1, 0.15) is 16.8 Å². The quantitative estimate of drug-likeness (QED) is 0.588. The van der Waals surface area contributed by atoms with E-state index in [1.54, 1.807) is 11.3 Å². The molecule has 0 aliphatic carbocycles. The van der Waals surface area contributed by atoms with Gasteiger partial charge in [-0.2, -0.15) is 0 Å². The van der Waals surface area contributed by atoms with Gasteiger partial charge in [-0.05, 0) is 11.6 Å². The first-order valence-corrected chi connectivity index (χ1v) is 8.09. The van der Waals surface area contributed by atoms with Crippen molar-refractivity contribution < 1.29 is 21.5 Å². The molecule has 2 heterocycles. The van der Waals surface area contributed by atoms with Gasteiger partial charge in [0.05, 0.1) is 20.6 Å². The van der Waals surface area contributed by atoms with Gasteiger partial charge in [-0.15, -0.1) is 0 Å². The zero-order valence-corrected chi connectivity index (χ0v) is 15.4. The molecule has 1 aliphatic rings. The Bertz CT molecular complexity index is 818. The van der Waals surface area contributed by atoms with Crippen LogP contribution in [0.5, 0.6) is 0 Å². The molecule has 23 heavy (non-hydrogen) atoms. The maximum absolute atomic E-state index is 2.54. The van der Waals surface area contributed by atoms with E-state index < -0.39 is 0 Å². The van der Waals surface area contributed by atoms with Crippen molar-refractivity contribution in [2.45, 2.75) is 19.5 Å². The van der Waals surface area contributed by atoms with E-state index in [9.17, 15) is 0 Å². The second-order valence-electron chi connectivity index (χ2n) is 7.08. The van der Waals surface area contributed by atoms with Gasteiger partial charge in [0.1, 0.15) is 6.54 Å². The van der Waals surface area contributed by atoms with E-state index in [0.29, 0.717) is 0 Å². The fourth-order valence-corrected chi connectivity index (χ4v) is 3.75. The Morgan fingerprint density at radius 2 is 1.65 bits per heavy atom. The summed E-state index contributed by atoms with van der Waals surface area (Å²) in [4.78, 5) is 0. The van der Waals surface area contributed by atoms with Crippen LogP contribution < -0.4 is 17.0 Å². The minimum absolute atomic E-state index is 0. The molecule has 0 saturated heterocycles. The first-order valence-electron chi connectivity index (χ1n) is 8.09. The first kappa shape index (κ1) is 16.3. The van der Waals surface area contributed by atoms with E-state index in [4.69, 9.17) is 0 Å². The number of aromatic nitrogens is 1. The number of hydrogen-bond donors (Lipinski definition) is 0. The lowest BCUT2D eigenvalue weighted by atomic mass is 10.0. The third-order valence-electron chi connectivity index (χ3n) is 4.92. The Morgan fingerprint density at radius 3 is 2.43 bits per heavy atom. The summed E-state index contributed by atoms with van der Waals surface area (Å²) in [5.74, 6) is 0. The summed E-state index contributed by atoms with van der Waals surface area (Å²) in [5.41, 5.74) is 5.87. The summed E-state index contributed by atoms with van der Waals surface area (Å²) in [6, 6.07) is 19.7. The smallest absolute Gasteiger partial charge is 0.106 e. The number of halogens is 1. The van der Waals surface area contributed by atoms with E-state index in [1.165, 1.54) is 29.4 Å². The summed E-state index contributed by atoms with van der Waals surface area (Å²) in [6.45, 7) is 3.33. The van der Waals surface area contributed by atoms with E-state index in [0.717, 1.165) is 17.6 Å². The summed E-state index contributed by atoms with van der Waals surface area (Å²) in [5, 5.41) is 1.44. The van der Waals surface area contributed by atoms with Crippen LogP contribution in [0.15, 0.2) is 54.6 Å².